The molecule has 0 aromatic heterocycles. The summed E-state index contributed by atoms with van der Waals surface area (Å²) in [5.74, 6) is -0.811. The molecule has 1 unspecified atom stereocenters. The molecule has 7 heteroatoms. The Morgan fingerprint density at radius 1 is 1.24 bits per heavy atom. The molecule has 1 N–H and O–H groups in total. The Bertz CT molecular complexity index is 655. The van der Waals surface area contributed by atoms with Crippen molar-refractivity contribution in [3.63, 3.8) is 0 Å². The van der Waals surface area contributed by atoms with Gasteiger partial charge in [0.25, 0.3) is 5.91 Å². The first-order valence-corrected chi connectivity index (χ1v) is 9.17. The molecule has 1 atom stereocenters. The molecule has 2 aliphatic rings. The molecule has 2 heterocycles. The molecule has 2 fully saturated rings. The lowest BCUT2D eigenvalue weighted by molar-refractivity contribution is -0.131. The first-order chi connectivity index (χ1) is 12.0. The van der Waals surface area contributed by atoms with Gasteiger partial charge in [0, 0.05) is 38.6 Å². The van der Waals surface area contributed by atoms with Crippen LogP contribution in [-0.4, -0.2) is 60.4 Å². The lowest BCUT2D eigenvalue weighted by Crippen LogP contribution is -2.40. The van der Waals surface area contributed by atoms with E-state index >= 15 is 0 Å². The van der Waals surface area contributed by atoms with Gasteiger partial charge in [-0.05, 0) is 44.0 Å². The summed E-state index contributed by atoms with van der Waals surface area (Å²) in [6, 6.07) is 4.13. The molecule has 0 aliphatic carbocycles. The Balaban J connectivity index is 1.48. The summed E-state index contributed by atoms with van der Waals surface area (Å²) in [4.78, 5) is 28.9. The van der Waals surface area contributed by atoms with Crippen LogP contribution >= 0.6 is 11.6 Å². The van der Waals surface area contributed by atoms with E-state index in [-0.39, 0.29) is 29.5 Å². The van der Waals surface area contributed by atoms with Gasteiger partial charge in [-0.2, -0.15) is 0 Å². The maximum absolute atomic E-state index is 13.0. The maximum Gasteiger partial charge on any atom is 0.252 e. The van der Waals surface area contributed by atoms with E-state index < -0.39 is 11.7 Å². The summed E-state index contributed by atoms with van der Waals surface area (Å²) in [5.41, 5.74) is 0.215. The van der Waals surface area contributed by atoms with Crippen molar-refractivity contribution in [2.75, 3.05) is 32.7 Å². The third-order valence-corrected chi connectivity index (χ3v) is 5.27. The van der Waals surface area contributed by atoms with Crippen LogP contribution in [0.2, 0.25) is 5.02 Å². The predicted molar refractivity (Wildman–Crippen MR) is 94.2 cm³/mol. The van der Waals surface area contributed by atoms with Gasteiger partial charge in [0.1, 0.15) is 5.82 Å². The van der Waals surface area contributed by atoms with Gasteiger partial charge < -0.3 is 10.2 Å². The van der Waals surface area contributed by atoms with E-state index in [9.17, 15) is 14.0 Å². The van der Waals surface area contributed by atoms with Crippen LogP contribution in [0.1, 0.15) is 36.0 Å². The molecule has 1 aromatic rings. The van der Waals surface area contributed by atoms with E-state index in [4.69, 9.17) is 11.6 Å². The number of benzene rings is 1. The normalized spacial score (nSPS) is 20.9. The van der Waals surface area contributed by atoms with Crippen LogP contribution < -0.4 is 5.32 Å². The highest BCUT2D eigenvalue weighted by Crippen LogP contribution is 2.21. The van der Waals surface area contributed by atoms with Crippen molar-refractivity contribution in [1.82, 2.24) is 15.1 Å². The Hall–Kier alpha value is -1.66. The highest BCUT2D eigenvalue weighted by atomic mass is 35.5. The van der Waals surface area contributed by atoms with Gasteiger partial charge in [0.2, 0.25) is 5.91 Å². The first kappa shape index (κ1) is 18.1. The van der Waals surface area contributed by atoms with Gasteiger partial charge in [0.05, 0.1) is 10.6 Å². The van der Waals surface area contributed by atoms with Crippen LogP contribution in [0, 0.1) is 5.82 Å². The highest BCUT2D eigenvalue weighted by molar-refractivity contribution is 6.33. The molecule has 2 aliphatic heterocycles. The van der Waals surface area contributed by atoms with E-state index in [1.807, 2.05) is 4.90 Å². The zero-order valence-electron chi connectivity index (χ0n) is 14.1. The van der Waals surface area contributed by atoms with Crippen LogP contribution in [0.5, 0.6) is 0 Å². The van der Waals surface area contributed by atoms with Gasteiger partial charge in [-0.25, -0.2) is 4.39 Å². The van der Waals surface area contributed by atoms with Crippen molar-refractivity contribution < 1.29 is 14.0 Å². The highest BCUT2D eigenvalue weighted by Gasteiger charge is 2.30. The minimum Gasteiger partial charge on any atom is -0.351 e. The maximum atomic E-state index is 13.0. The van der Waals surface area contributed by atoms with Gasteiger partial charge in [-0.1, -0.05) is 11.6 Å². The van der Waals surface area contributed by atoms with Crippen LogP contribution in [0.4, 0.5) is 4.39 Å². The average Bonchev–Trinajstić information content (AvgIpc) is 2.91. The van der Waals surface area contributed by atoms with Crippen LogP contribution in [0.25, 0.3) is 0 Å². The van der Waals surface area contributed by atoms with Gasteiger partial charge in [0.15, 0.2) is 0 Å². The summed E-state index contributed by atoms with van der Waals surface area (Å²) in [5, 5.41) is 2.75. The minimum atomic E-state index is -0.487. The number of hydrogen-bond donors (Lipinski definition) is 1. The number of fused-ring (bicyclic) bond motifs is 1. The van der Waals surface area contributed by atoms with Gasteiger partial charge in [-0.15, -0.1) is 0 Å². The van der Waals surface area contributed by atoms with E-state index in [2.05, 4.69) is 10.2 Å². The number of amides is 2. The van der Waals surface area contributed by atoms with Crippen LogP contribution in [-0.2, 0) is 4.79 Å². The smallest absolute Gasteiger partial charge is 0.252 e. The van der Waals surface area contributed by atoms with Gasteiger partial charge in [-0.3, -0.25) is 14.5 Å². The Kier molecular flexibility index (Phi) is 5.91. The minimum absolute atomic E-state index is 0.0673. The molecule has 2 saturated heterocycles. The Labute approximate surface area is 152 Å². The number of carbonyl (C=O) groups excluding carboxylic acids is 2. The number of rotatable bonds is 4. The lowest BCUT2D eigenvalue weighted by atomic mass is 10.2. The molecule has 0 spiro atoms. The van der Waals surface area contributed by atoms with Crippen molar-refractivity contribution in [2.45, 2.75) is 31.7 Å². The summed E-state index contributed by atoms with van der Waals surface area (Å²) in [7, 11) is 0. The second kappa shape index (κ2) is 8.15. The molecule has 136 valence electrons. The molecular formula is C18H23ClFN3O2. The van der Waals surface area contributed by atoms with Crippen molar-refractivity contribution >= 4 is 23.4 Å². The molecule has 0 radical (unpaired) electrons. The number of nitrogens with one attached hydrogen (secondary N) is 1. The third kappa shape index (κ3) is 4.50. The van der Waals surface area contributed by atoms with E-state index in [1.54, 1.807) is 0 Å². The average molecular weight is 368 g/mol. The molecular weight excluding hydrogens is 345 g/mol. The summed E-state index contributed by atoms with van der Waals surface area (Å²) < 4.78 is 13.0. The predicted octanol–water partition coefficient (Wildman–Crippen LogP) is 2.30. The van der Waals surface area contributed by atoms with Crippen LogP contribution in [0.3, 0.4) is 0 Å². The molecule has 0 saturated carbocycles. The third-order valence-electron chi connectivity index (χ3n) is 4.96. The zero-order chi connectivity index (χ0) is 17.8. The molecule has 1 aromatic carbocycles. The molecule has 5 nitrogen and oxygen atoms in total. The van der Waals surface area contributed by atoms with E-state index in [0.717, 1.165) is 45.1 Å². The van der Waals surface area contributed by atoms with Crippen LogP contribution in [0.15, 0.2) is 18.2 Å². The SMILES string of the molecule is O=C(NCCC(=O)N1CCCN2CCCC2C1)c1ccc(F)cc1Cl. The number of halogens is 2. The lowest BCUT2D eigenvalue weighted by Gasteiger charge is -2.25. The summed E-state index contributed by atoms with van der Waals surface area (Å²) >= 11 is 5.88. The van der Waals surface area contributed by atoms with Crippen molar-refractivity contribution in [2.24, 2.45) is 0 Å². The fraction of sp³-hybridized carbons (Fsp3) is 0.556. The molecule has 0 bridgehead atoms. The topological polar surface area (TPSA) is 52.7 Å². The molecule has 2 amide bonds. The summed E-state index contributed by atoms with van der Waals surface area (Å²) in [6.07, 6.45) is 3.63. The van der Waals surface area contributed by atoms with Crippen molar-refractivity contribution in [1.29, 1.82) is 0 Å². The largest absolute Gasteiger partial charge is 0.351 e. The fourth-order valence-electron chi connectivity index (χ4n) is 3.64. The number of nitrogens with zero attached hydrogens (tertiary/aromatic N) is 2. The van der Waals surface area contributed by atoms with Crippen molar-refractivity contribution in [3.05, 3.63) is 34.6 Å². The fourth-order valence-corrected chi connectivity index (χ4v) is 3.90. The second-order valence-corrected chi connectivity index (χ2v) is 7.06. The number of carbonyl (C=O) groups is 2. The molecule has 25 heavy (non-hydrogen) atoms. The second-order valence-electron chi connectivity index (χ2n) is 6.66. The van der Waals surface area contributed by atoms with Gasteiger partial charge >= 0.3 is 0 Å². The first-order valence-electron chi connectivity index (χ1n) is 8.79. The standard InChI is InChI=1S/C18H23ClFN3O2/c19-16-11-13(20)4-5-15(16)18(25)21-7-6-17(24)23-10-2-9-22-8-1-3-14(22)12-23/h4-5,11,14H,1-3,6-10,12H2,(H,21,25). The quantitative estimate of drug-likeness (QED) is 0.888. The van der Waals surface area contributed by atoms with E-state index in [1.165, 1.54) is 18.6 Å². The number of hydrogen-bond acceptors (Lipinski definition) is 3. The Morgan fingerprint density at radius 2 is 2.04 bits per heavy atom. The Morgan fingerprint density at radius 3 is 2.84 bits per heavy atom. The summed E-state index contributed by atoms with van der Waals surface area (Å²) in [6.45, 7) is 4.02. The molecule has 3 rings (SSSR count). The van der Waals surface area contributed by atoms with Crippen molar-refractivity contribution in [3.8, 4) is 0 Å². The zero-order valence-corrected chi connectivity index (χ0v) is 14.9. The van der Waals surface area contributed by atoms with E-state index in [0.29, 0.717) is 6.04 Å². The monoisotopic (exact) mass is 367 g/mol.